The first-order chi connectivity index (χ1) is 12.0. The number of likely N-dealkylation sites (N-methyl/N-ethyl adjacent to an activating group) is 1. The molecule has 132 valence electrons. The number of ether oxygens (including phenoxy) is 1. The van der Waals surface area contributed by atoms with Crippen molar-refractivity contribution in [2.75, 3.05) is 26.7 Å². The van der Waals surface area contributed by atoms with Gasteiger partial charge in [-0.1, -0.05) is 42.5 Å². The molecule has 2 aromatic rings. The predicted molar refractivity (Wildman–Crippen MR) is 97.5 cm³/mol. The number of aryl methyl sites for hydroxylation is 1. The average Bonchev–Trinajstić information content (AvgIpc) is 2.60. The highest BCUT2D eigenvalue weighted by molar-refractivity contribution is 5.85. The highest BCUT2D eigenvalue weighted by atomic mass is 16.5. The number of carbonyl (C=O) groups excluding carboxylic acids is 2. The van der Waals surface area contributed by atoms with Gasteiger partial charge in [-0.15, -0.1) is 0 Å². The van der Waals surface area contributed by atoms with Gasteiger partial charge in [0.2, 0.25) is 11.8 Å². The number of hydrogen-bond acceptors (Lipinski definition) is 3. The summed E-state index contributed by atoms with van der Waals surface area (Å²) >= 11 is 0. The predicted octanol–water partition coefficient (Wildman–Crippen LogP) is 2.19. The van der Waals surface area contributed by atoms with Crippen LogP contribution in [-0.2, 0) is 16.0 Å². The largest absolute Gasteiger partial charge is 0.492 e. The quantitative estimate of drug-likeness (QED) is 0.801. The summed E-state index contributed by atoms with van der Waals surface area (Å²) in [4.78, 5) is 25.5. The van der Waals surface area contributed by atoms with Gasteiger partial charge in [0.05, 0.1) is 19.5 Å². The van der Waals surface area contributed by atoms with E-state index in [1.54, 1.807) is 11.9 Å². The van der Waals surface area contributed by atoms with Gasteiger partial charge in [-0.2, -0.15) is 0 Å². The summed E-state index contributed by atoms with van der Waals surface area (Å²) in [6, 6.07) is 17.2. The van der Waals surface area contributed by atoms with E-state index >= 15 is 0 Å². The maximum absolute atomic E-state index is 12.1. The lowest BCUT2D eigenvalue weighted by atomic mass is 10.1. The maximum Gasteiger partial charge on any atom is 0.241 e. The van der Waals surface area contributed by atoms with Crippen LogP contribution < -0.4 is 10.1 Å². The molecule has 0 saturated heterocycles. The van der Waals surface area contributed by atoms with Gasteiger partial charge in [0.15, 0.2) is 0 Å². The van der Waals surface area contributed by atoms with Crippen LogP contribution in [0.25, 0.3) is 0 Å². The summed E-state index contributed by atoms with van der Waals surface area (Å²) in [7, 11) is 1.70. The molecule has 0 radical (unpaired) electrons. The topological polar surface area (TPSA) is 58.6 Å². The molecule has 0 fully saturated rings. The smallest absolute Gasteiger partial charge is 0.241 e. The fourth-order valence-corrected chi connectivity index (χ4v) is 2.28. The van der Waals surface area contributed by atoms with Crippen LogP contribution in [0.2, 0.25) is 0 Å². The van der Waals surface area contributed by atoms with Crippen LogP contribution in [0.3, 0.4) is 0 Å². The van der Waals surface area contributed by atoms with Crippen LogP contribution in [0.5, 0.6) is 5.75 Å². The summed E-state index contributed by atoms with van der Waals surface area (Å²) in [6.07, 6.45) is 0.272. The van der Waals surface area contributed by atoms with Gasteiger partial charge in [-0.25, -0.2) is 0 Å². The zero-order chi connectivity index (χ0) is 18.1. The van der Waals surface area contributed by atoms with Gasteiger partial charge >= 0.3 is 0 Å². The van der Waals surface area contributed by atoms with Crippen LogP contribution in [0, 0.1) is 6.92 Å². The first-order valence-electron chi connectivity index (χ1n) is 8.28. The Kier molecular flexibility index (Phi) is 7.01. The van der Waals surface area contributed by atoms with Crippen molar-refractivity contribution in [3.05, 3.63) is 65.7 Å². The van der Waals surface area contributed by atoms with Crippen molar-refractivity contribution in [1.29, 1.82) is 0 Å². The Labute approximate surface area is 148 Å². The number of nitrogens with one attached hydrogen (secondary N) is 1. The third-order valence-electron chi connectivity index (χ3n) is 3.76. The van der Waals surface area contributed by atoms with Gasteiger partial charge < -0.3 is 15.0 Å². The lowest BCUT2D eigenvalue weighted by Gasteiger charge is -2.18. The molecule has 0 aliphatic rings. The standard InChI is InChI=1S/C20H24N2O3/c1-16-7-6-10-18(13-16)25-12-11-22(2)20(24)15-21-19(23)14-17-8-4-3-5-9-17/h3-10,13H,11-12,14-15H2,1-2H3,(H,21,23). The molecule has 25 heavy (non-hydrogen) atoms. The zero-order valence-corrected chi connectivity index (χ0v) is 14.7. The molecule has 5 nitrogen and oxygen atoms in total. The van der Waals surface area contributed by atoms with Crippen LogP contribution in [0.1, 0.15) is 11.1 Å². The Bertz CT molecular complexity index is 701. The van der Waals surface area contributed by atoms with E-state index in [-0.39, 0.29) is 24.8 Å². The average molecular weight is 340 g/mol. The van der Waals surface area contributed by atoms with Crippen LogP contribution in [0.15, 0.2) is 54.6 Å². The summed E-state index contributed by atoms with van der Waals surface area (Å²) in [5.74, 6) is 0.482. The Hall–Kier alpha value is -2.82. The Balaban J connectivity index is 1.66. The minimum absolute atomic E-state index is 0.00733. The van der Waals surface area contributed by atoms with Crippen LogP contribution in [-0.4, -0.2) is 43.5 Å². The number of amides is 2. The summed E-state index contributed by atoms with van der Waals surface area (Å²) in [5, 5.41) is 2.66. The van der Waals surface area contributed by atoms with E-state index in [9.17, 15) is 9.59 Å². The van der Waals surface area contributed by atoms with Gasteiger partial charge in [0.1, 0.15) is 12.4 Å². The molecular weight excluding hydrogens is 316 g/mol. The monoisotopic (exact) mass is 340 g/mol. The minimum Gasteiger partial charge on any atom is -0.492 e. The highest BCUT2D eigenvalue weighted by Crippen LogP contribution is 2.11. The molecule has 0 saturated carbocycles. The molecule has 0 aliphatic heterocycles. The Morgan fingerprint density at radius 2 is 1.84 bits per heavy atom. The third-order valence-corrected chi connectivity index (χ3v) is 3.76. The second-order valence-electron chi connectivity index (χ2n) is 5.92. The summed E-state index contributed by atoms with van der Waals surface area (Å²) < 4.78 is 5.63. The first-order valence-corrected chi connectivity index (χ1v) is 8.28. The van der Waals surface area contributed by atoms with Crippen LogP contribution in [0.4, 0.5) is 0 Å². The molecule has 0 bridgehead atoms. The van der Waals surface area contributed by atoms with Crippen molar-refractivity contribution in [1.82, 2.24) is 10.2 Å². The lowest BCUT2D eigenvalue weighted by molar-refractivity contribution is -0.131. The van der Waals surface area contributed by atoms with Gasteiger partial charge in [-0.3, -0.25) is 9.59 Å². The first kappa shape index (κ1) is 18.5. The molecule has 0 spiro atoms. The fourth-order valence-electron chi connectivity index (χ4n) is 2.28. The van der Waals surface area contributed by atoms with E-state index in [0.717, 1.165) is 16.9 Å². The van der Waals surface area contributed by atoms with Crippen molar-refractivity contribution in [3.8, 4) is 5.75 Å². The molecule has 5 heteroatoms. The van der Waals surface area contributed by atoms with E-state index in [1.807, 2.05) is 61.5 Å². The number of rotatable bonds is 8. The number of carbonyl (C=O) groups is 2. The second kappa shape index (κ2) is 9.47. The Morgan fingerprint density at radius 3 is 2.56 bits per heavy atom. The lowest BCUT2D eigenvalue weighted by Crippen LogP contribution is -2.40. The van der Waals surface area contributed by atoms with Crippen molar-refractivity contribution >= 4 is 11.8 Å². The highest BCUT2D eigenvalue weighted by Gasteiger charge is 2.11. The normalized spacial score (nSPS) is 10.2. The molecule has 0 aromatic heterocycles. The SMILES string of the molecule is Cc1cccc(OCCN(C)C(=O)CNC(=O)Cc2ccccc2)c1. The molecule has 0 aliphatic carbocycles. The van der Waals surface area contributed by atoms with Crippen molar-refractivity contribution in [3.63, 3.8) is 0 Å². The molecule has 1 N–H and O–H groups in total. The summed E-state index contributed by atoms with van der Waals surface area (Å²) in [6.45, 7) is 2.86. The second-order valence-corrected chi connectivity index (χ2v) is 5.92. The number of nitrogens with zero attached hydrogens (tertiary/aromatic N) is 1. The van der Waals surface area contributed by atoms with E-state index in [0.29, 0.717) is 13.2 Å². The molecule has 2 aromatic carbocycles. The Morgan fingerprint density at radius 1 is 1.08 bits per heavy atom. The number of hydrogen-bond donors (Lipinski definition) is 1. The molecular formula is C20H24N2O3. The fraction of sp³-hybridized carbons (Fsp3) is 0.300. The molecule has 0 atom stereocenters. The molecule has 2 amide bonds. The van der Waals surface area contributed by atoms with Crippen molar-refractivity contribution < 1.29 is 14.3 Å². The van der Waals surface area contributed by atoms with E-state index < -0.39 is 0 Å². The zero-order valence-electron chi connectivity index (χ0n) is 14.7. The van der Waals surface area contributed by atoms with Crippen LogP contribution >= 0.6 is 0 Å². The van der Waals surface area contributed by atoms with E-state index in [4.69, 9.17) is 4.74 Å². The van der Waals surface area contributed by atoms with Crippen molar-refractivity contribution in [2.45, 2.75) is 13.3 Å². The summed E-state index contributed by atoms with van der Waals surface area (Å²) in [5.41, 5.74) is 2.05. The molecule has 0 unspecified atom stereocenters. The van der Waals surface area contributed by atoms with E-state index in [2.05, 4.69) is 5.32 Å². The van der Waals surface area contributed by atoms with Gasteiger partial charge in [0.25, 0.3) is 0 Å². The molecule has 2 rings (SSSR count). The van der Waals surface area contributed by atoms with E-state index in [1.165, 1.54) is 0 Å². The molecule has 0 heterocycles. The number of benzene rings is 2. The third kappa shape index (κ3) is 6.67. The van der Waals surface area contributed by atoms with Crippen molar-refractivity contribution in [2.24, 2.45) is 0 Å². The van der Waals surface area contributed by atoms with Gasteiger partial charge in [-0.05, 0) is 30.2 Å². The van der Waals surface area contributed by atoms with Gasteiger partial charge in [0, 0.05) is 7.05 Å². The maximum atomic E-state index is 12.1. The minimum atomic E-state index is -0.163.